The fraction of sp³-hybridized carbons (Fsp3) is 0.211. The number of pyridine rings is 2. The Morgan fingerprint density at radius 1 is 0.330 bits per heavy atom. The number of ether oxygens (including phenoxy) is 4. The van der Waals surface area contributed by atoms with Crippen molar-refractivity contribution < 1.29 is 98.1 Å². The molecule has 24 heteroatoms. The van der Waals surface area contributed by atoms with Gasteiger partial charge in [-0.2, -0.15) is 0 Å². The van der Waals surface area contributed by atoms with Gasteiger partial charge in [0.25, 0.3) is 23.9 Å². The first kappa shape index (κ1) is 79.8. The van der Waals surface area contributed by atoms with Gasteiger partial charge >= 0.3 is 40.8 Å². The van der Waals surface area contributed by atoms with Gasteiger partial charge in [0.2, 0.25) is 0 Å². The van der Waals surface area contributed by atoms with Crippen LogP contribution in [-0.4, -0.2) is 150 Å². The van der Waals surface area contributed by atoms with Gasteiger partial charge in [0, 0.05) is 39.6 Å². The summed E-state index contributed by atoms with van der Waals surface area (Å²) in [6, 6.07) is 56.8. The van der Waals surface area contributed by atoms with Gasteiger partial charge < -0.3 is 69.2 Å². The Labute approximate surface area is 609 Å². The van der Waals surface area contributed by atoms with Crippen molar-refractivity contribution in [1.82, 2.24) is 9.97 Å². The van der Waals surface area contributed by atoms with Crippen LogP contribution in [0.25, 0.3) is 21.3 Å². The van der Waals surface area contributed by atoms with E-state index in [1.807, 2.05) is 198 Å². The molecule has 0 N–H and O–H groups in total. The summed E-state index contributed by atoms with van der Waals surface area (Å²) in [4.78, 5) is 122. The number of allylic oxidation sites excluding steroid dienone is 4. The molecule has 0 fully saturated rings. The summed E-state index contributed by atoms with van der Waals surface area (Å²) >= 11 is 0. The number of aromatic nitrogens is 2. The van der Waals surface area contributed by atoms with Crippen LogP contribution in [0.2, 0.25) is 0 Å². The van der Waals surface area contributed by atoms with Crippen molar-refractivity contribution in [2.75, 3.05) is 66.4 Å². The van der Waals surface area contributed by atoms with Crippen molar-refractivity contribution in [2.45, 2.75) is 49.9 Å². The van der Waals surface area contributed by atoms with Gasteiger partial charge in [0.1, 0.15) is 23.6 Å². The van der Waals surface area contributed by atoms with E-state index in [0.717, 1.165) is 45.1 Å². The van der Waals surface area contributed by atoms with Crippen LogP contribution in [0, 0.1) is 0 Å². The molecule has 0 bridgehead atoms. The fourth-order valence-electron chi connectivity index (χ4n) is 9.35. The number of benzene rings is 6. The molecule has 0 radical (unpaired) electrons. The van der Waals surface area contributed by atoms with E-state index in [9.17, 15) is 38.4 Å². The van der Waals surface area contributed by atoms with E-state index in [4.69, 9.17) is 18.9 Å². The van der Waals surface area contributed by atoms with Crippen LogP contribution < -0.4 is 9.80 Å². The van der Waals surface area contributed by atoms with Gasteiger partial charge in [-0.3, -0.25) is 19.2 Å². The van der Waals surface area contributed by atoms with Crippen LogP contribution in [0.5, 0.6) is 0 Å². The molecule has 1 aliphatic rings. The molecule has 8 aromatic rings. The number of methoxy groups -OCH3 is 4. The number of esters is 4. The van der Waals surface area contributed by atoms with Crippen LogP contribution in [0.15, 0.2) is 241 Å². The third-order valence-electron chi connectivity index (χ3n) is 14.5. The monoisotopic (exact) mass is 1530 g/mol. The minimum Gasteiger partial charge on any atom is -0.636 e. The summed E-state index contributed by atoms with van der Waals surface area (Å²) in [6.07, 6.45) is 8.61. The number of carbonyl (C=O) groups excluding carboxylic acids is 8. The summed E-state index contributed by atoms with van der Waals surface area (Å²) in [6.45, 7) is 0. The smallest absolute Gasteiger partial charge is 0.636 e. The molecule has 2 aromatic heterocycles. The summed E-state index contributed by atoms with van der Waals surface area (Å²) < 4.78 is 19.2. The molecule has 0 unspecified atom stereocenters. The third kappa shape index (κ3) is 25.5. The number of rotatable bonds is 24. The average Bonchev–Trinajstić information content (AvgIpc) is 0.863. The summed E-state index contributed by atoms with van der Waals surface area (Å²) in [5.74, 6) is -5.83. The molecular formula is C76H74N10O12Pd2. The second-order valence-corrected chi connectivity index (χ2v) is 22.0. The third-order valence-corrected chi connectivity index (χ3v) is 14.5. The fourth-order valence-corrected chi connectivity index (χ4v) is 9.35. The number of nitrogens with zero attached hydrogens (tertiary/aromatic N) is 10. The van der Waals surface area contributed by atoms with E-state index in [2.05, 4.69) is 75.3 Å². The molecular weight excluding hydrogens is 1460 g/mol. The van der Waals surface area contributed by atoms with Crippen molar-refractivity contribution in [3.8, 4) is 0 Å². The molecule has 0 spiro atoms. The summed E-state index contributed by atoms with van der Waals surface area (Å²) in [5.41, 5.74) is 8.68. The number of carbonyl (C=O) groups is 8. The van der Waals surface area contributed by atoms with Crippen LogP contribution >= 0.6 is 0 Å². The summed E-state index contributed by atoms with van der Waals surface area (Å²) in [5, 5.41) is 15.9. The topological polar surface area (TPSA) is 287 Å². The van der Waals surface area contributed by atoms with E-state index in [1.54, 1.807) is 0 Å². The summed E-state index contributed by atoms with van der Waals surface area (Å²) in [7, 11) is 13.0. The normalized spacial score (nSPS) is 12.0. The second kappa shape index (κ2) is 41.4. The number of amides is 4. The number of aliphatic imine (C=N–C) groups is 2. The van der Waals surface area contributed by atoms with Crippen molar-refractivity contribution >= 4 is 81.7 Å². The van der Waals surface area contributed by atoms with Gasteiger partial charge in [-0.25, -0.2) is 20.0 Å². The number of anilines is 2. The second-order valence-electron chi connectivity index (χ2n) is 22.0. The largest absolute Gasteiger partial charge is 2.00 e. The average molecular weight is 1530 g/mol. The zero-order valence-corrected chi connectivity index (χ0v) is 59.2. The Kier molecular flexibility index (Phi) is 33.0. The Morgan fingerprint density at radius 2 is 0.550 bits per heavy atom. The van der Waals surface area contributed by atoms with E-state index >= 15 is 0 Å². The van der Waals surface area contributed by atoms with Crippen LogP contribution in [0.4, 0.5) is 22.7 Å². The maximum absolute atomic E-state index is 12.8. The van der Waals surface area contributed by atoms with Crippen molar-refractivity contribution in [2.24, 2.45) is 9.98 Å². The molecule has 4 amide bonds. The number of hydrogen-bond acceptors (Lipinski definition) is 18. The minimum absolute atomic E-state index is 0. The zero-order valence-electron chi connectivity index (χ0n) is 56.1. The molecule has 22 nitrogen and oxygen atoms in total. The van der Waals surface area contributed by atoms with Crippen molar-refractivity contribution in [3.05, 3.63) is 297 Å². The molecule has 520 valence electrons. The van der Waals surface area contributed by atoms with Gasteiger partial charge in [0.15, 0.2) is 0 Å². The molecule has 4 atom stereocenters. The van der Waals surface area contributed by atoms with Crippen molar-refractivity contribution in [1.29, 1.82) is 0 Å². The molecule has 0 aliphatic heterocycles. The van der Waals surface area contributed by atoms with Crippen LogP contribution in [-0.2, 0) is 105 Å². The van der Waals surface area contributed by atoms with E-state index in [0.29, 0.717) is 0 Å². The first-order valence-corrected chi connectivity index (χ1v) is 30.8. The first-order chi connectivity index (χ1) is 47.3. The maximum atomic E-state index is 12.8. The Bertz CT molecular complexity index is 3660. The van der Waals surface area contributed by atoms with Crippen LogP contribution in [0.1, 0.15) is 64.2 Å². The van der Waals surface area contributed by atoms with Gasteiger partial charge in [-0.15, -0.1) is 0 Å². The molecule has 0 saturated carbocycles. The quantitative estimate of drug-likeness (QED) is 0.0235. The SMILES string of the molecule is CN(C)c1ccc(N=C2C=CC(=Nc3ccc(N(C)C)cc3)C=C2)cc1.COC(=O)[C@H](Cc1ccccc1)[N-]C(=O)c1cccc(C(=O)[N-][C@@H](Cc2ccccc2)C(=O)OC)n1.COC(=O)[C@H](Cc1ccccc1)[N-]C(=O)c1cccc(C(=O)[N-][C@@H](Cc2ccccc2)C(=O)OC)n1.[Pd+2].[Pd+2]. The molecule has 0 saturated heterocycles. The molecule has 6 aromatic carbocycles. The Balaban J connectivity index is 0.000000271. The molecule has 2 heterocycles. The molecule has 1 aliphatic carbocycles. The predicted octanol–water partition coefficient (Wildman–Crippen LogP) is 12.1. The molecule has 9 rings (SSSR count). The maximum Gasteiger partial charge on any atom is 2.00 e. The van der Waals surface area contributed by atoms with E-state index < -0.39 is 71.7 Å². The van der Waals surface area contributed by atoms with Crippen LogP contribution in [0.3, 0.4) is 0 Å². The Morgan fingerprint density at radius 3 is 0.750 bits per heavy atom. The molecule has 100 heavy (non-hydrogen) atoms. The van der Waals surface area contributed by atoms with Crippen molar-refractivity contribution in [3.63, 3.8) is 0 Å². The van der Waals surface area contributed by atoms with Gasteiger partial charge in [-0.05, 0) is 169 Å². The predicted molar refractivity (Wildman–Crippen MR) is 377 cm³/mol. The minimum atomic E-state index is -1.08. The van der Waals surface area contributed by atoms with Gasteiger partial charge in [0.05, 0.1) is 74.0 Å². The first-order valence-electron chi connectivity index (χ1n) is 30.8. The number of hydrogen-bond donors (Lipinski definition) is 0. The standard InChI is InChI=1S/2C27H27N3O6.C22H24N4.2Pd/c2*1-35-26(33)22(16-18-10-5-3-6-11-18)29-24(31)20-14-9-15-21(28-20)25(32)30-23(27(34)36-2)17-19-12-7-4-8-13-19;1-25(2)21-13-9-19(10-14-21)23-17-5-7-18(8-6-17)24-20-11-15-22(16-12-20)26(3)4;;/h2*3-15,22-23H,16-17H2,1-2H3,(H2,29,30,31,32);5-16H,1-4H3;;/q;;;2*+2/p-4/t2*22-,23-;;;/m00.../s1. The van der Waals surface area contributed by atoms with E-state index in [1.165, 1.54) is 76.2 Å². The Hall–Kier alpha value is -10.9. The zero-order chi connectivity index (χ0) is 70.3. The van der Waals surface area contributed by atoms with E-state index in [-0.39, 0.29) is 89.3 Å². The van der Waals surface area contributed by atoms with Gasteiger partial charge in [-0.1, -0.05) is 133 Å².